The maximum atomic E-state index is 12.2. The van der Waals surface area contributed by atoms with Crippen molar-refractivity contribution in [3.63, 3.8) is 0 Å². The molecular formula is C12H26N2O. The standard InChI is InChI=1S/C12H26N2O/c1-6-12(13,7-2)11(15)14(8-3)9-10(4)5/h10H,6-9,13H2,1-5H3. The van der Waals surface area contributed by atoms with Crippen LogP contribution in [0, 0.1) is 5.92 Å². The van der Waals surface area contributed by atoms with Gasteiger partial charge in [0, 0.05) is 13.1 Å². The first-order chi connectivity index (χ1) is 6.91. The van der Waals surface area contributed by atoms with Crippen LogP contribution in [0.2, 0.25) is 0 Å². The Bertz CT molecular complexity index is 198. The molecule has 0 heterocycles. The van der Waals surface area contributed by atoms with Crippen molar-refractivity contribution in [3.05, 3.63) is 0 Å². The highest BCUT2D eigenvalue weighted by Gasteiger charge is 2.33. The number of rotatable bonds is 6. The summed E-state index contributed by atoms with van der Waals surface area (Å²) in [6, 6.07) is 0. The quantitative estimate of drug-likeness (QED) is 0.735. The largest absolute Gasteiger partial charge is 0.341 e. The smallest absolute Gasteiger partial charge is 0.242 e. The number of hydrogen-bond acceptors (Lipinski definition) is 2. The molecule has 1 amide bonds. The second kappa shape index (κ2) is 6.11. The minimum atomic E-state index is -0.662. The van der Waals surface area contributed by atoms with Crippen LogP contribution in [0.25, 0.3) is 0 Å². The van der Waals surface area contributed by atoms with Gasteiger partial charge in [-0.1, -0.05) is 27.7 Å². The zero-order valence-corrected chi connectivity index (χ0v) is 10.8. The SMILES string of the molecule is CCN(CC(C)C)C(=O)C(N)(CC)CC. The molecule has 0 spiro atoms. The zero-order valence-electron chi connectivity index (χ0n) is 10.8. The van der Waals surface area contributed by atoms with Gasteiger partial charge in [0.25, 0.3) is 0 Å². The molecule has 0 aliphatic rings. The lowest BCUT2D eigenvalue weighted by molar-refractivity contribution is -0.137. The molecule has 15 heavy (non-hydrogen) atoms. The molecule has 0 rings (SSSR count). The molecule has 0 saturated heterocycles. The van der Waals surface area contributed by atoms with Gasteiger partial charge in [-0.25, -0.2) is 0 Å². The molecule has 0 unspecified atom stereocenters. The maximum Gasteiger partial charge on any atom is 0.242 e. The lowest BCUT2D eigenvalue weighted by atomic mass is 9.92. The van der Waals surface area contributed by atoms with Crippen LogP contribution in [0.15, 0.2) is 0 Å². The fraction of sp³-hybridized carbons (Fsp3) is 0.917. The fourth-order valence-electron chi connectivity index (χ4n) is 1.66. The van der Waals surface area contributed by atoms with Crippen molar-refractivity contribution in [2.45, 2.75) is 53.0 Å². The maximum absolute atomic E-state index is 12.2. The van der Waals surface area contributed by atoms with E-state index in [0.29, 0.717) is 18.8 Å². The number of amides is 1. The van der Waals surface area contributed by atoms with Gasteiger partial charge >= 0.3 is 0 Å². The van der Waals surface area contributed by atoms with Crippen LogP contribution in [-0.4, -0.2) is 29.4 Å². The van der Waals surface area contributed by atoms with Crippen LogP contribution >= 0.6 is 0 Å². The molecule has 3 heteroatoms. The van der Waals surface area contributed by atoms with E-state index in [1.165, 1.54) is 0 Å². The van der Waals surface area contributed by atoms with E-state index in [1.54, 1.807) is 0 Å². The third-order valence-electron chi connectivity index (χ3n) is 2.94. The molecule has 3 nitrogen and oxygen atoms in total. The lowest BCUT2D eigenvalue weighted by Gasteiger charge is -2.33. The Balaban J connectivity index is 4.62. The van der Waals surface area contributed by atoms with Crippen molar-refractivity contribution < 1.29 is 4.79 Å². The van der Waals surface area contributed by atoms with E-state index in [1.807, 2.05) is 25.7 Å². The van der Waals surface area contributed by atoms with Gasteiger partial charge in [0.1, 0.15) is 0 Å². The predicted molar refractivity (Wildman–Crippen MR) is 64.6 cm³/mol. The van der Waals surface area contributed by atoms with Crippen molar-refractivity contribution in [2.75, 3.05) is 13.1 Å². The summed E-state index contributed by atoms with van der Waals surface area (Å²) in [4.78, 5) is 14.1. The number of carbonyl (C=O) groups excluding carboxylic acids is 1. The van der Waals surface area contributed by atoms with Crippen molar-refractivity contribution in [1.82, 2.24) is 4.90 Å². The Morgan fingerprint density at radius 2 is 1.73 bits per heavy atom. The molecule has 0 bridgehead atoms. The summed E-state index contributed by atoms with van der Waals surface area (Å²) in [5.41, 5.74) is 5.44. The summed E-state index contributed by atoms with van der Waals surface area (Å²) in [6.45, 7) is 11.7. The topological polar surface area (TPSA) is 46.3 Å². The minimum Gasteiger partial charge on any atom is -0.341 e. The van der Waals surface area contributed by atoms with Crippen molar-refractivity contribution in [1.29, 1.82) is 0 Å². The number of likely N-dealkylation sites (N-methyl/N-ethyl adjacent to an activating group) is 1. The zero-order chi connectivity index (χ0) is 12.1. The molecule has 0 fully saturated rings. The second-order valence-corrected chi connectivity index (χ2v) is 4.60. The Labute approximate surface area is 94.0 Å². The van der Waals surface area contributed by atoms with Gasteiger partial charge in [-0.05, 0) is 25.7 Å². The first-order valence-electron chi connectivity index (χ1n) is 5.99. The number of carbonyl (C=O) groups is 1. The highest BCUT2D eigenvalue weighted by Crippen LogP contribution is 2.16. The van der Waals surface area contributed by atoms with Gasteiger partial charge in [0.2, 0.25) is 5.91 Å². The molecule has 0 aliphatic carbocycles. The molecular weight excluding hydrogens is 188 g/mol. The van der Waals surface area contributed by atoms with E-state index in [9.17, 15) is 4.79 Å². The summed E-state index contributed by atoms with van der Waals surface area (Å²) >= 11 is 0. The number of nitrogens with two attached hydrogens (primary N) is 1. The van der Waals surface area contributed by atoms with E-state index < -0.39 is 5.54 Å². The van der Waals surface area contributed by atoms with E-state index in [0.717, 1.165) is 13.1 Å². The second-order valence-electron chi connectivity index (χ2n) is 4.60. The van der Waals surface area contributed by atoms with E-state index in [2.05, 4.69) is 13.8 Å². The number of hydrogen-bond donors (Lipinski definition) is 1. The summed E-state index contributed by atoms with van der Waals surface area (Å²) in [7, 11) is 0. The third kappa shape index (κ3) is 3.82. The minimum absolute atomic E-state index is 0.101. The average molecular weight is 214 g/mol. The van der Waals surface area contributed by atoms with Crippen LogP contribution in [0.3, 0.4) is 0 Å². The summed E-state index contributed by atoms with van der Waals surface area (Å²) < 4.78 is 0. The van der Waals surface area contributed by atoms with E-state index in [-0.39, 0.29) is 5.91 Å². The molecule has 0 aromatic carbocycles. The molecule has 0 atom stereocenters. The van der Waals surface area contributed by atoms with Crippen LogP contribution in [0.4, 0.5) is 0 Å². The van der Waals surface area contributed by atoms with Crippen molar-refractivity contribution >= 4 is 5.91 Å². The van der Waals surface area contributed by atoms with Gasteiger partial charge < -0.3 is 10.6 Å². The Morgan fingerprint density at radius 3 is 2.00 bits per heavy atom. The number of nitrogens with zero attached hydrogens (tertiary/aromatic N) is 1. The van der Waals surface area contributed by atoms with Gasteiger partial charge in [0.15, 0.2) is 0 Å². The normalized spacial score (nSPS) is 11.9. The first-order valence-corrected chi connectivity index (χ1v) is 5.99. The van der Waals surface area contributed by atoms with Crippen LogP contribution in [0.1, 0.15) is 47.5 Å². The van der Waals surface area contributed by atoms with E-state index in [4.69, 9.17) is 5.73 Å². The third-order valence-corrected chi connectivity index (χ3v) is 2.94. The Kier molecular flexibility index (Phi) is 5.88. The predicted octanol–water partition coefficient (Wildman–Crippen LogP) is 2.01. The fourth-order valence-corrected chi connectivity index (χ4v) is 1.66. The van der Waals surface area contributed by atoms with Crippen LogP contribution in [-0.2, 0) is 4.79 Å². The molecule has 0 saturated carbocycles. The van der Waals surface area contributed by atoms with Gasteiger partial charge in [-0.2, -0.15) is 0 Å². The summed E-state index contributed by atoms with van der Waals surface area (Å²) in [5.74, 6) is 0.593. The summed E-state index contributed by atoms with van der Waals surface area (Å²) in [6.07, 6.45) is 1.41. The molecule has 0 aromatic heterocycles. The highest BCUT2D eigenvalue weighted by atomic mass is 16.2. The summed E-state index contributed by atoms with van der Waals surface area (Å²) in [5, 5.41) is 0. The average Bonchev–Trinajstić information content (AvgIpc) is 2.23. The van der Waals surface area contributed by atoms with Crippen LogP contribution in [0.5, 0.6) is 0 Å². The lowest BCUT2D eigenvalue weighted by Crippen LogP contribution is -2.55. The highest BCUT2D eigenvalue weighted by molar-refractivity contribution is 5.86. The molecule has 2 N–H and O–H groups in total. The first kappa shape index (κ1) is 14.4. The van der Waals surface area contributed by atoms with Gasteiger partial charge in [-0.15, -0.1) is 0 Å². The Morgan fingerprint density at radius 1 is 1.27 bits per heavy atom. The molecule has 0 aliphatic heterocycles. The van der Waals surface area contributed by atoms with Crippen LogP contribution < -0.4 is 5.73 Å². The van der Waals surface area contributed by atoms with Gasteiger partial charge in [-0.3, -0.25) is 4.79 Å². The molecule has 0 aromatic rings. The van der Waals surface area contributed by atoms with E-state index >= 15 is 0 Å². The Hall–Kier alpha value is -0.570. The molecule has 0 radical (unpaired) electrons. The van der Waals surface area contributed by atoms with Crippen molar-refractivity contribution in [3.8, 4) is 0 Å². The van der Waals surface area contributed by atoms with Crippen molar-refractivity contribution in [2.24, 2.45) is 11.7 Å². The molecule has 90 valence electrons. The monoisotopic (exact) mass is 214 g/mol. The van der Waals surface area contributed by atoms with Gasteiger partial charge in [0.05, 0.1) is 5.54 Å².